The highest BCUT2D eigenvalue weighted by molar-refractivity contribution is 5.19. The molecule has 1 aliphatic heterocycles. The largest absolute Gasteiger partial charge is 0.307 e. The maximum absolute atomic E-state index is 4.52. The molecule has 1 aromatic heterocycles. The molecule has 0 aromatic carbocycles. The van der Waals surface area contributed by atoms with Gasteiger partial charge >= 0.3 is 0 Å². The van der Waals surface area contributed by atoms with Crippen molar-refractivity contribution in [2.24, 2.45) is 0 Å². The van der Waals surface area contributed by atoms with Crippen LogP contribution in [0.5, 0.6) is 0 Å². The molecule has 0 aliphatic carbocycles. The molecule has 1 fully saturated rings. The highest BCUT2D eigenvalue weighted by atomic mass is 15.3. The minimum atomic E-state index is 0.192. The Morgan fingerprint density at radius 1 is 1.28 bits per heavy atom. The van der Waals surface area contributed by atoms with Crippen molar-refractivity contribution in [3.63, 3.8) is 0 Å². The standard InChI is InChI=1S/C15H27N3/c1-3-8-15(9-6-5-7-10-16-15)14-12-17-18(13-14)11-4-2/h12-13,16H,3-11H2,1-2H3. The molecule has 1 atom stereocenters. The molecular formula is C15H27N3. The van der Waals surface area contributed by atoms with E-state index >= 15 is 0 Å². The van der Waals surface area contributed by atoms with Gasteiger partial charge in [-0.1, -0.05) is 33.1 Å². The molecule has 1 N–H and O–H groups in total. The van der Waals surface area contributed by atoms with Crippen LogP contribution in [0, 0.1) is 0 Å². The zero-order chi connectivity index (χ0) is 12.8. The Morgan fingerprint density at radius 2 is 2.17 bits per heavy atom. The summed E-state index contributed by atoms with van der Waals surface area (Å²) in [5, 5.41) is 8.33. The maximum atomic E-state index is 4.52. The molecule has 1 aliphatic rings. The van der Waals surface area contributed by atoms with Gasteiger partial charge in [-0.2, -0.15) is 5.10 Å². The molecule has 2 heterocycles. The molecule has 1 unspecified atom stereocenters. The minimum absolute atomic E-state index is 0.192. The number of aryl methyl sites for hydroxylation is 1. The van der Waals surface area contributed by atoms with E-state index in [4.69, 9.17) is 0 Å². The predicted octanol–water partition coefficient (Wildman–Crippen LogP) is 3.45. The number of hydrogen-bond acceptors (Lipinski definition) is 2. The Balaban J connectivity index is 2.20. The zero-order valence-electron chi connectivity index (χ0n) is 11.9. The zero-order valence-corrected chi connectivity index (χ0v) is 11.9. The summed E-state index contributed by atoms with van der Waals surface area (Å²) in [5.41, 5.74) is 1.59. The third kappa shape index (κ3) is 2.94. The molecule has 0 amide bonds. The van der Waals surface area contributed by atoms with E-state index in [9.17, 15) is 0 Å². The van der Waals surface area contributed by atoms with E-state index < -0.39 is 0 Å². The fraction of sp³-hybridized carbons (Fsp3) is 0.800. The van der Waals surface area contributed by atoms with Gasteiger partial charge in [-0.15, -0.1) is 0 Å². The normalized spacial score (nSPS) is 25.0. The summed E-state index contributed by atoms with van der Waals surface area (Å²) >= 11 is 0. The first-order valence-corrected chi connectivity index (χ1v) is 7.58. The van der Waals surface area contributed by atoms with Gasteiger partial charge in [0.2, 0.25) is 0 Å². The van der Waals surface area contributed by atoms with E-state index in [1.807, 2.05) is 0 Å². The molecule has 3 heteroatoms. The van der Waals surface area contributed by atoms with E-state index in [1.54, 1.807) is 0 Å². The summed E-state index contributed by atoms with van der Waals surface area (Å²) < 4.78 is 2.10. The van der Waals surface area contributed by atoms with Crippen LogP contribution in [0.3, 0.4) is 0 Å². The monoisotopic (exact) mass is 249 g/mol. The summed E-state index contributed by atoms with van der Waals surface area (Å²) in [4.78, 5) is 0. The molecule has 18 heavy (non-hydrogen) atoms. The lowest BCUT2D eigenvalue weighted by atomic mass is 9.83. The molecule has 0 saturated carbocycles. The van der Waals surface area contributed by atoms with Crippen LogP contribution in [-0.2, 0) is 12.1 Å². The summed E-state index contributed by atoms with van der Waals surface area (Å²) in [5.74, 6) is 0. The summed E-state index contributed by atoms with van der Waals surface area (Å²) in [6.07, 6.45) is 13.2. The van der Waals surface area contributed by atoms with E-state index in [-0.39, 0.29) is 5.54 Å². The van der Waals surface area contributed by atoms with E-state index in [1.165, 1.54) is 44.1 Å². The molecule has 1 aromatic rings. The first-order chi connectivity index (χ1) is 8.80. The van der Waals surface area contributed by atoms with Gasteiger partial charge in [0.05, 0.1) is 6.20 Å². The second-order valence-corrected chi connectivity index (χ2v) is 5.56. The van der Waals surface area contributed by atoms with Gasteiger partial charge in [0.25, 0.3) is 0 Å². The van der Waals surface area contributed by atoms with Crippen molar-refractivity contribution in [1.29, 1.82) is 0 Å². The second kappa shape index (κ2) is 6.37. The Hall–Kier alpha value is -0.830. The van der Waals surface area contributed by atoms with E-state index in [2.05, 4.69) is 41.3 Å². The fourth-order valence-electron chi connectivity index (χ4n) is 3.14. The quantitative estimate of drug-likeness (QED) is 0.866. The first-order valence-electron chi connectivity index (χ1n) is 7.58. The van der Waals surface area contributed by atoms with E-state index in [0.29, 0.717) is 0 Å². The van der Waals surface area contributed by atoms with Crippen LogP contribution in [0.1, 0.15) is 64.4 Å². The number of hydrogen-bond donors (Lipinski definition) is 1. The second-order valence-electron chi connectivity index (χ2n) is 5.56. The highest BCUT2D eigenvalue weighted by Crippen LogP contribution is 2.33. The maximum Gasteiger partial charge on any atom is 0.0540 e. The Bertz CT molecular complexity index is 348. The van der Waals surface area contributed by atoms with Crippen molar-refractivity contribution < 1.29 is 0 Å². The average molecular weight is 249 g/mol. The molecule has 3 nitrogen and oxygen atoms in total. The predicted molar refractivity (Wildman–Crippen MR) is 75.6 cm³/mol. The molecule has 0 spiro atoms. The number of nitrogens with one attached hydrogen (secondary N) is 1. The van der Waals surface area contributed by atoms with Gasteiger partial charge in [-0.05, 0) is 32.2 Å². The van der Waals surface area contributed by atoms with E-state index in [0.717, 1.165) is 19.5 Å². The highest BCUT2D eigenvalue weighted by Gasteiger charge is 2.32. The molecule has 1 saturated heterocycles. The van der Waals surface area contributed by atoms with Gasteiger partial charge in [0.1, 0.15) is 0 Å². The number of aromatic nitrogens is 2. The first kappa shape index (κ1) is 13.6. The SMILES string of the molecule is CCCn1cc(C2(CCC)CCCCCN2)cn1. The van der Waals surface area contributed by atoms with Gasteiger partial charge in [-0.3, -0.25) is 4.68 Å². The number of rotatable bonds is 5. The Morgan fingerprint density at radius 3 is 2.94 bits per heavy atom. The van der Waals surface area contributed by atoms with Crippen molar-refractivity contribution in [2.45, 2.75) is 70.9 Å². The number of nitrogens with zero attached hydrogens (tertiary/aromatic N) is 2. The minimum Gasteiger partial charge on any atom is -0.307 e. The average Bonchev–Trinajstić information content (AvgIpc) is 2.70. The van der Waals surface area contributed by atoms with Crippen LogP contribution in [0.4, 0.5) is 0 Å². The van der Waals surface area contributed by atoms with Crippen molar-refractivity contribution in [3.05, 3.63) is 18.0 Å². The third-order valence-corrected chi connectivity index (χ3v) is 4.06. The van der Waals surface area contributed by atoms with Crippen molar-refractivity contribution in [1.82, 2.24) is 15.1 Å². The van der Waals surface area contributed by atoms with Crippen molar-refractivity contribution in [2.75, 3.05) is 6.54 Å². The van der Waals surface area contributed by atoms with Crippen LogP contribution in [0.25, 0.3) is 0 Å². The Labute approximate surface area is 111 Å². The summed E-state index contributed by atoms with van der Waals surface area (Å²) in [6, 6.07) is 0. The van der Waals surface area contributed by atoms with Crippen LogP contribution >= 0.6 is 0 Å². The smallest absolute Gasteiger partial charge is 0.0540 e. The fourth-order valence-corrected chi connectivity index (χ4v) is 3.14. The molecule has 102 valence electrons. The van der Waals surface area contributed by atoms with Gasteiger partial charge in [0, 0.05) is 23.8 Å². The summed E-state index contributed by atoms with van der Waals surface area (Å²) in [6.45, 7) is 6.67. The molecule has 0 bridgehead atoms. The van der Waals surface area contributed by atoms with Crippen molar-refractivity contribution >= 4 is 0 Å². The third-order valence-electron chi connectivity index (χ3n) is 4.06. The van der Waals surface area contributed by atoms with Crippen LogP contribution in [0.2, 0.25) is 0 Å². The van der Waals surface area contributed by atoms with Gasteiger partial charge in [0.15, 0.2) is 0 Å². The van der Waals surface area contributed by atoms with Gasteiger partial charge < -0.3 is 5.32 Å². The van der Waals surface area contributed by atoms with Gasteiger partial charge in [-0.25, -0.2) is 0 Å². The molecular weight excluding hydrogens is 222 g/mol. The lowest BCUT2D eigenvalue weighted by Gasteiger charge is -2.33. The van der Waals surface area contributed by atoms with Crippen LogP contribution < -0.4 is 5.32 Å². The lowest BCUT2D eigenvalue weighted by Crippen LogP contribution is -2.41. The molecule has 2 rings (SSSR count). The van der Waals surface area contributed by atoms with Crippen molar-refractivity contribution in [3.8, 4) is 0 Å². The lowest BCUT2D eigenvalue weighted by molar-refractivity contribution is 0.297. The van der Waals surface area contributed by atoms with Crippen LogP contribution in [-0.4, -0.2) is 16.3 Å². The van der Waals surface area contributed by atoms with Crippen LogP contribution in [0.15, 0.2) is 12.4 Å². The summed E-state index contributed by atoms with van der Waals surface area (Å²) in [7, 11) is 0. The topological polar surface area (TPSA) is 29.9 Å². The Kier molecular flexibility index (Phi) is 4.81. The molecule has 0 radical (unpaired) electrons.